The molecule has 36 heavy (non-hydrogen) atoms. The number of aromatic amines is 1. The van der Waals surface area contributed by atoms with Gasteiger partial charge in [0.2, 0.25) is 0 Å². The quantitative estimate of drug-likeness (QED) is 0.319. The molecule has 0 saturated heterocycles. The van der Waals surface area contributed by atoms with E-state index in [4.69, 9.17) is 9.26 Å². The molecular formula is C29H31N3O4. The number of nitrogens with one attached hydrogen (secondary N) is 1. The van der Waals surface area contributed by atoms with Crippen LogP contribution >= 0.6 is 0 Å². The summed E-state index contributed by atoms with van der Waals surface area (Å²) in [6, 6.07) is 10.3. The molecule has 186 valence electrons. The maximum Gasteiger partial charge on any atom is 0.352 e. The van der Waals surface area contributed by atoms with Crippen LogP contribution in [0.1, 0.15) is 57.9 Å². The molecule has 7 heteroatoms. The summed E-state index contributed by atoms with van der Waals surface area (Å²) in [5.74, 6) is 0.749. The minimum absolute atomic E-state index is 0.240. The highest BCUT2D eigenvalue weighted by atomic mass is 16.5. The standard InChI is InChI=1S/C29H31N3O4/c1-17-25(18(2)36-31-17)23-9-3-8-20-21(27(29(33)34)30-26(20)23)11-6-16-35-24-13-12-19-7-4-14-32-15-5-10-22(24)28(19)32/h3,8-9,12-13,30H,4-7,10-11,14-16H2,1-2H3,(H,33,34). The second-order valence-corrected chi connectivity index (χ2v) is 9.91. The normalized spacial score (nSPS) is 14.8. The van der Waals surface area contributed by atoms with E-state index >= 15 is 0 Å². The number of anilines is 1. The molecule has 0 unspecified atom stereocenters. The van der Waals surface area contributed by atoms with Gasteiger partial charge >= 0.3 is 5.97 Å². The van der Waals surface area contributed by atoms with Crippen molar-refractivity contribution in [2.24, 2.45) is 0 Å². The molecule has 2 aromatic carbocycles. The first-order valence-corrected chi connectivity index (χ1v) is 12.9. The van der Waals surface area contributed by atoms with Gasteiger partial charge in [-0.15, -0.1) is 0 Å². The Balaban J connectivity index is 1.25. The van der Waals surface area contributed by atoms with Gasteiger partial charge in [0.1, 0.15) is 17.2 Å². The molecule has 2 aliphatic rings. The summed E-state index contributed by atoms with van der Waals surface area (Å²) in [5.41, 5.74) is 8.66. The largest absolute Gasteiger partial charge is 0.493 e. The number of fused-ring (bicyclic) bond motifs is 1. The predicted molar refractivity (Wildman–Crippen MR) is 139 cm³/mol. The molecule has 0 spiro atoms. The van der Waals surface area contributed by atoms with Crippen LogP contribution in [0.2, 0.25) is 0 Å². The molecule has 0 fully saturated rings. The number of ether oxygens (including phenoxy) is 1. The van der Waals surface area contributed by atoms with E-state index in [0.29, 0.717) is 18.8 Å². The van der Waals surface area contributed by atoms with Crippen LogP contribution in [0.3, 0.4) is 0 Å². The van der Waals surface area contributed by atoms with Crippen LogP contribution in [0, 0.1) is 13.8 Å². The first kappa shape index (κ1) is 22.7. The van der Waals surface area contributed by atoms with Gasteiger partial charge in [0, 0.05) is 40.9 Å². The summed E-state index contributed by atoms with van der Waals surface area (Å²) < 4.78 is 11.7. The molecule has 0 radical (unpaired) electrons. The van der Waals surface area contributed by atoms with E-state index in [0.717, 1.165) is 77.8 Å². The number of carboxylic acid groups (broad SMARTS) is 1. The Morgan fingerprint density at radius 1 is 1.17 bits per heavy atom. The van der Waals surface area contributed by atoms with Gasteiger partial charge in [-0.25, -0.2) is 4.79 Å². The number of carbonyl (C=O) groups is 1. The van der Waals surface area contributed by atoms with Crippen LogP contribution in [-0.2, 0) is 19.3 Å². The number of benzene rings is 2. The summed E-state index contributed by atoms with van der Waals surface area (Å²) in [6.45, 7) is 6.59. The average molecular weight is 486 g/mol. The topological polar surface area (TPSA) is 91.6 Å². The fourth-order valence-corrected chi connectivity index (χ4v) is 6.10. The molecule has 2 aliphatic heterocycles. The number of hydrogen-bond acceptors (Lipinski definition) is 5. The second-order valence-electron chi connectivity index (χ2n) is 9.91. The van der Waals surface area contributed by atoms with Crippen LogP contribution < -0.4 is 9.64 Å². The Kier molecular flexibility index (Phi) is 5.70. The van der Waals surface area contributed by atoms with Crippen LogP contribution in [0.5, 0.6) is 5.75 Å². The fraction of sp³-hybridized carbons (Fsp3) is 0.379. The van der Waals surface area contributed by atoms with Crippen molar-refractivity contribution in [2.75, 3.05) is 24.6 Å². The highest BCUT2D eigenvalue weighted by Gasteiger charge is 2.26. The lowest BCUT2D eigenvalue weighted by Gasteiger charge is -2.37. The number of carboxylic acids is 1. The molecular weight excluding hydrogens is 454 g/mol. The zero-order chi connectivity index (χ0) is 24.8. The Morgan fingerprint density at radius 3 is 2.78 bits per heavy atom. The molecule has 0 saturated carbocycles. The van der Waals surface area contributed by atoms with Crippen molar-refractivity contribution in [2.45, 2.75) is 52.4 Å². The zero-order valence-electron chi connectivity index (χ0n) is 20.8. The summed E-state index contributed by atoms with van der Waals surface area (Å²) in [4.78, 5) is 17.8. The number of hydrogen-bond donors (Lipinski definition) is 2. The summed E-state index contributed by atoms with van der Waals surface area (Å²) in [6.07, 6.45) is 5.93. The van der Waals surface area contributed by atoms with Crippen LogP contribution in [0.25, 0.3) is 22.0 Å². The Bertz CT molecular complexity index is 1440. The third-order valence-electron chi connectivity index (χ3n) is 7.66. The average Bonchev–Trinajstić information content (AvgIpc) is 3.42. The molecule has 4 heterocycles. The molecule has 0 aliphatic carbocycles. The lowest BCUT2D eigenvalue weighted by molar-refractivity contribution is 0.0690. The minimum Gasteiger partial charge on any atom is -0.493 e. The number of rotatable bonds is 7. The van der Waals surface area contributed by atoms with Gasteiger partial charge in [0.05, 0.1) is 17.8 Å². The fourth-order valence-electron chi connectivity index (χ4n) is 6.10. The van der Waals surface area contributed by atoms with E-state index in [1.165, 1.54) is 23.2 Å². The van der Waals surface area contributed by atoms with E-state index in [1.54, 1.807) is 0 Å². The Morgan fingerprint density at radius 2 is 2.00 bits per heavy atom. The number of aromatic nitrogens is 2. The van der Waals surface area contributed by atoms with Crippen molar-refractivity contribution in [3.8, 4) is 16.9 Å². The summed E-state index contributed by atoms with van der Waals surface area (Å²) in [7, 11) is 0. The van der Waals surface area contributed by atoms with Crippen molar-refractivity contribution in [3.05, 3.63) is 64.2 Å². The van der Waals surface area contributed by atoms with Crippen molar-refractivity contribution in [1.82, 2.24) is 10.1 Å². The predicted octanol–water partition coefficient (Wildman–Crippen LogP) is 5.85. The maximum absolute atomic E-state index is 12.1. The van der Waals surface area contributed by atoms with E-state index in [1.807, 2.05) is 32.0 Å². The summed E-state index contributed by atoms with van der Waals surface area (Å²) >= 11 is 0. The van der Waals surface area contributed by atoms with Crippen LogP contribution in [0.4, 0.5) is 5.69 Å². The first-order valence-electron chi connectivity index (χ1n) is 12.9. The highest BCUT2D eigenvalue weighted by Crippen LogP contribution is 2.40. The molecule has 0 bridgehead atoms. The molecule has 2 aromatic heterocycles. The number of aromatic carboxylic acids is 1. The number of nitrogens with zero attached hydrogens (tertiary/aromatic N) is 2. The van der Waals surface area contributed by atoms with Gasteiger partial charge in [-0.05, 0) is 69.6 Å². The molecule has 0 atom stereocenters. The molecule has 7 nitrogen and oxygen atoms in total. The lowest BCUT2D eigenvalue weighted by atomic mass is 9.91. The SMILES string of the molecule is Cc1noc(C)c1-c1cccc2c(CCCOc3ccc4c5c3CCCN5CCC4)c(C(=O)O)[nH]c12. The van der Waals surface area contributed by atoms with Crippen molar-refractivity contribution in [3.63, 3.8) is 0 Å². The maximum atomic E-state index is 12.1. The van der Waals surface area contributed by atoms with Gasteiger partial charge in [-0.3, -0.25) is 0 Å². The Labute approximate surface area is 210 Å². The first-order chi connectivity index (χ1) is 17.5. The van der Waals surface area contributed by atoms with E-state index in [-0.39, 0.29) is 5.69 Å². The monoisotopic (exact) mass is 485 g/mol. The molecule has 2 N–H and O–H groups in total. The number of aryl methyl sites for hydroxylation is 4. The van der Waals surface area contributed by atoms with E-state index in [2.05, 4.69) is 27.2 Å². The van der Waals surface area contributed by atoms with E-state index in [9.17, 15) is 9.90 Å². The van der Waals surface area contributed by atoms with E-state index < -0.39 is 5.97 Å². The van der Waals surface area contributed by atoms with Crippen LogP contribution in [-0.4, -0.2) is 40.9 Å². The number of para-hydroxylation sites is 1. The molecule has 4 aromatic rings. The zero-order valence-corrected chi connectivity index (χ0v) is 20.8. The lowest BCUT2D eigenvalue weighted by Crippen LogP contribution is -2.34. The minimum atomic E-state index is -0.953. The third-order valence-corrected chi connectivity index (χ3v) is 7.66. The van der Waals surface area contributed by atoms with Gasteiger partial charge < -0.3 is 24.3 Å². The van der Waals surface area contributed by atoms with Crippen molar-refractivity contribution < 1.29 is 19.2 Å². The summed E-state index contributed by atoms with van der Waals surface area (Å²) in [5, 5.41) is 14.9. The number of H-pyrrole nitrogens is 1. The van der Waals surface area contributed by atoms with Gasteiger partial charge in [-0.2, -0.15) is 0 Å². The van der Waals surface area contributed by atoms with Gasteiger partial charge in [0.15, 0.2) is 0 Å². The smallest absolute Gasteiger partial charge is 0.352 e. The highest BCUT2D eigenvalue weighted by molar-refractivity contribution is 6.03. The second kappa shape index (κ2) is 9.04. The third kappa shape index (κ3) is 3.74. The molecule has 6 rings (SSSR count). The van der Waals surface area contributed by atoms with Gasteiger partial charge in [-0.1, -0.05) is 29.4 Å². The molecule has 0 amide bonds. The van der Waals surface area contributed by atoms with Crippen molar-refractivity contribution in [1.29, 1.82) is 0 Å². The van der Waals surface area contributed by atoms with Gasteiger partial charge in [0.25, 0.3) is 0 Å². The van der Waals surface area contributed by atoms with Crippen molar-refractivity contribution >= 4 is 22.6 Å². The van der Waals surface area contributed by atoms with Crippen LogP contribution in [0.15, 0.2) is 34.9 Å². The Hall–Kier alpha value is -3.74.